The van der Waals surface area contributed by atoms with Gasteiger partial charge in [-0.2, -0.15) is 4.99 Å². The van der Waals surface area contributed by atoms with Crippen molar-refractivity contribution >= 4 is 73.2 Å². The summed E-state index contributed by atoms with van der Waals surface area (Å²) in [5.74, 6) is -0.734. The third-order valence-electron chi connectivity index (χ3n) is 3.58. The van der Waals surface area contributed by atoms with Crippen molar-refractivity contribution < 1.29 is 13.2 Å². The molecule has 2 fully saturated rings. The van der Waals surface area contributed by atoms with Crippen molar-refractivity contribution in [2.24, 2.45) is 4.99 Å². The predicted octanol–water partition coefficient (Wildman–Crippen LogP) is 2.83. The number of thioether (sulfide) groups is 1. The van der Waals surface area contributed by atoms with Gasteiger partial charge in [-0.3, -0.25) is 4.79 Å². The molecule has 0 spiro atoms. The van der Waals surface area contributed by atoms with Crippen LogP contribution < -0.4 is 4.90 Å². The lowest BCUT2D eigenvalue weighted by Gasteiger charge is -2.26. The second-order valence-corrected chi connectivity index (χ2v) is 9.60. The first-order valence-electron chi connectivity index (χ1n) is 6.60. The van der Waals surface area contributed by atoms with Crippen LogP contribution in [0.15, 0.2) is 23.2 Å². The standard InChI is InChI=1S/C13H11Cl3N2O3S2/c14-4-11(19)17-13-18(12-7(15)2-1-3-8(12)16)9-5-23(20,21)6-10(9)22-13/h1-3,9-10H,4-6H2/t9-,10+/m0/s1. The number of carbonyl (C=O) groups is 1. The Morgan fingerprint density at radius 3 is 2.57 bits per heavy atom. The minimum Gasteiger partial charge on any atom is -0.313 e. The number of amidine groups is 1. The largest absolute Gasteiger partial charge is 0.313 e. The highest BCUT2D eigenvalue weighted by molar-refractivity contribution is 8.16. The van der Waals surface area contributed by atoms with Crippen LogP contribution in [0.3, 0.4) is 0 Å². The number of halogens is 3. The van der Waals surface area contributed by atoms with Crippen LogP contribution in [0, 0.1) is 0 Å². The number of fused-ring (bicyclic) bond motifs is 1. The fraction of sp³-hybridized carbons (Fsp3) is 0.385. The van der Waals surface area contributed by atoms with Crippen LogP contribution in [-0.2, 0) is 14.6 Å². The van der Waals surface area contributed by atoms with E-state index in [1.807, 2.05) is 0 Å². The predicted molar refractivity (Wildman–Crippen MR) is 95.9 cm³/mol. The van der Waals surface area contributed by atoms with E-state index in [4.69, 9.17) is 34.8 Å². The summed E-state index contributed by atoms with van der Waals surface area (Å²) in [5, 5.41) is 0.910. The van der Waals surface area contributed by atoms with E-state index in [0.29, 0.717) is 20.9 Å². The Morgan fingerprint density at radius 1 is 1.30 bits per heavy atom. The molecule has 1 aromatic rings. The first-order chi connectivity index (χ1) is 10.8. The quantitative estimate of drug-likeness (QED) is 0.698. The fourth-order valence-electron chi connectivity index (χ4n) is 2.68. The Kier molecular flexibility index (Phi) is 4.86. The molecule has 0 unspecified atom stereocenters. The third-order valence-corrected chi connectivity index (χ3v) is 7.63. The van der Waals surface area contributed by atoms with E-state index in [9.17, 15) is 13.2 Å². The molecule has 2 aliphatic heterocycles. The molecule has 2 atom stereocenters. The SMILES string of the molecule is O=C(CCl)N=C1S[C@@H]2CS(=O)(=O)C[C@@H]2N1c1c(Cl)cccc1Cl. The first-order valence-corrected chi connectivity index (χ1v) is 10.6. The minimum atomic E-state index is -3.14. The molecule has 0 aromatic heterocycles. The number of nitrogens with zero attached hydrogens (tertiary/aromatic N) is 2. The zero-order valence-electron chi connectivity index (χ0n) is 11.6. The summed E-state index contributed by atoms with van der Waals surface area (Å²) in [6, 6.07) is 4.65. The minimum absolute atomic E-state index is 0.0275. The van der Waals surface area contributed by atoms with E-state index in [1.165, 1.54) is 11.8 Å². The van der Waals surface area contributed by atoms with Crippen molar-refractivity contribution in [3.63, 3.8) is 0 Å². The van der Waals surface area contributed by atoms with Crippen molar-refractivity contribution in [3.05, 3.63) is 28.2 Å². The van der Waals surface area contributed by atoms with Gasteiger partial charge in [-0.1, -0.05) is 41.0 Å². The molecule has 124 valence electrons. The maximum Gasteiger partial charge on any atom is 0.262 e. The van der Waals surface area contributed by atoms with Crippen molar-refractivity contribution in [1.82, 2.24) is 0 Å². The van der Waals surface area contributed by atoms with Gasteiger partial charge in [0, 0.05) is 5.25 Å². The van der Waals surface area contributed by atoms with Crippen LogP contribution in [0.2, 0.25) is 10.0 Å². The lowest BCUT2D eigenvalue weighted by Crippen LogP contribution is -2.38. The van der Waals surface area contributed by atoms with Gasteiger partial charge in [0.05, 0.1) is 33.3 Å². The number of rotatable bonds is 2. The number of para-hydroxylation sites is 1. The molecule has 1 aromatic carbocycles. The Balaban J connectivity index is 2.11. The maximum atomic E-state index is 11.9. The number of aliphatic imine (C=N–C) groups is 1. The molecule has 23 heavy (non-hydrogen) atoms. The van der Waals surface area contributed by atoms with Gasteiger partial charge >= 0.3 is 0 Å². The number of amides is 1. The van der Waals surface area contributed by atoms with E-state index in [-0.39, 0.29) is 28.7 Å². The van der Waals surface area contributed by atoms with Crippen LogP contribution in [-0.4, -0.2) is 48.2 Å². The Bertz CT molecular complexity index is 777. The van der Waals surface area contributed by atoms with Gasteiger partial charge < -0.3 is 4.90 Å². The molecule has 5 nitrogen and oxygen atoms in total. The Morgan fingerprint density at radius 2 is 1.96 bits per heavy atom. The summed E-state index contributed by atoms with van der Waals surface area (Å²) in [6.07, 6.45) is 0. The van der Waals surface area contributed by atoms with Crippen molar-refractivity contribution in [2.45, 2.75) is 11.3 Å². The van der Waals surface area contributed by atoms with E-state index in [1.54, 1.807) is 23.1 Å². The van der Waals surface area contributed by atoms with Crippen LogP contribution in [0.4, 0.5) is 5.69 Å². The molecular formula is C13H11Cl3N2O3S2. The second-order valence-electron chi connectivity index (χ2n) is 5.16. The molecule has 2 aliphatic rings. The second kappa shape index (κ2) is 6.44. The highest BCUT2D eigenvalue weighted by atomic mass is 35.5. The normalized spacial score (nSPS) is 27.4. The van der Waals surface area contributed by atoms with E-state index >= 15 is 0 Å². The van der Waals surface area contributed by atoms with Crippen LogP contribution >= 0.6 is 46.6 Å². The monoisotopic (exact) mass is 412 g/mol. The number of benzene rings is 1. The molecule has 3 rings (SSSR count). The zero-order valence-corrected chi connectivity index (χ0v) is 15.5. The molecule has 2 saturated heterocycles. The van der Waals surface area contributed by atoms with E-state index in [0.717, 1.165) is 0 Å². The molecule has 0 bridgehead atoms. The molecule has 0 N–H and O–H groups in total. The molecule has 0 radical (unpaired) electrons. The Hall–Kier alpha value is -0.470. The number of alkyl halides is 1. The van der Waals surface area contributed by atoms with Gasteiger partial charge in [0.1, 0.15) is 5.88 Å². The summed E-state index contributed by atoms with van der Waals surface area (Å²) in [5.41, 5.74) is 0.467. The summed E-state index contributed by atoms with van der Waals surface area (Å²) in [6.45, 7) is 0. The molecule has 0 saturated carbocycles. The van der Waals surface area contributed by atoms with Crippen molar-refractivity contribution in [1.29, 1.82) is 0 Å². The molecule has 1 amide bonds. The highest BCUT2D eigenvalue weighted by Gasteiger charge is 2.50. The summed E-state index contributed by atoms with van der Waals surface area (Å²) < 4.78 is 23.9. The van der Waals surface area contributed by atoms with Gasteiger partial charge in [-0.15, -0.1) is 11.6 Å². The Labute approximate surface area is 152 Å². The number of anilines is 1. The highest BCUT2D eigenvalue weighted by Crippen LogP contribution is 2.45. The van der Waals surface area contributed by atoms with Gasteiger partial charge in [0.25, 0.3) is 5.91 Å². The van der Waals surface area contributed by atoms with Crippen LogP contribution in [0.1, 0.15) is 0 Å². The number of hydrogen-bond acceptors (Lipinski definition) is 4. The first kappa shape index (κ1) is 17.4. The van der Waals surface area contributed by atoms with Crippen LogP contribution in [0.25, 0.3) is 0 Å². The topological polar surface area (TPSA) is 66.8 Å². The maximum absolute atomic E-state index is 11.9. The molecular weight excluding hydrogens is 403 g/mol. The molecule has 10 heteroatoms. The van der Waals surface area contributed by atoms with Gasteiger partial charge in [-0.05, 0) is 12.1 Å². The summed E-state index contributed by atoms with van der Waals surface area (Å²) >= 11 is 19.3. The fourth-order valence-corrected chi connectivity index (χ4v) is 7.24. The third kappa shape index (κ3) is 3.35. The lowest BCUT2D eigenvalue weighted by atomic mass is 10.2. The summed E-state index contributed by atoms with van der Waals surface area (Å²) in [7, 11) is -3.14. The van der Waals surface area contributed by atoms with E-state index < -0.39 is 15.7 Å². The van der Waals surface area contributed by atoms with Crippen LogP contribution in [0.5, 0.6) is 0 Å². The number of carbonyl (C=O) groups excluding carboxylic acids is 1. The lowest BCUT2D eigenvalue weighted by molar-refractivity contribution is -0.115. The average molecular weight is 414 g/mol. The van der Waals surface area contributed by atoms with Gasteiger partial charge in [0.15, 0.2) is 15.0 Å². The molecule has 2 heterocycles. The van der Waals surface area contributed by atoms with Gasteiger partial charge in [-0.25, -0.2) is 8.42 Å². The molecule has 0 aliphatic carbocycles. The van der Waals surface area contributed by atoms with Gasteiger partial charge in [0.2, 0.25) is 0 Å². The van der Waals surface area contributed by atoms with Crippen molar-refractivity contribution in [3.8, 4) is 0 Å². The van der Waals surface area contributed by atoms with E-state index in [2.05, 4.69) is 4.99 Å². The summed E-state index contributed by atoms with van der Waals surface area (Å²) in [4.78, 5) is 17.3. The smallest absolute Gasteiger partial charge is 0.262 e. The zero-order chi connectivity index (χ0) is 16.8. The number of sulfone groups is 1. The number of hydrogen-bond donors (Lipinski definition) is 0. The van der Waals surface area contributed by atoms with Crippen molar-refractivity contribution in [2.75, 3.05) is 22.3 Å². The average Bonchev–Trinajstić information content (AvgIpc) is 2.91.